The largest absolute Gasteiger partial charge is 0.481 e. The number of carbonyl (C=O) groups is 1. The van der Waals surface area contributed by atoms with Crippen molar-refractivity contribution < 1.29 is 23.1 Å². The van der Waals surface area contributed by atoms with Crippen LogP contribution in [-0.2, 0) is 16.8 Å². The van der Waals surface area contributed by atoms with Crippen LogP contribution in [-0.4, -0.2) is 37.8 Å². The number of aryl methyl sites for hydroxylation is 1. The van der Waals surface area contributed by atoms with E-state index in [9.17, 15) is 18.0 Å². The number of nitrogens with zero attached hydrogens (tertiary/aromatic N) is 3. The molecule has 0 unspecified atom stereocenters. The van der Waals surface area contributed by atoms with Crippen LogP contribution in [0.25, 0.3) is 0 Å². The van der Waals surface area contributed by atoms with Gasteiger partial charge in [-0.2, -0.15) is 13.2 Å². The van der Waals surface area contributed by atoms with Crippen molar-refractivity contribution in [2.75, 3.05) is 5.75 Å². The van der Waals surface area contributed by atoms with Gasteiger partial charge in [0, 0.05) is 6.42 Å². The Kier molecular flexibility index (Phi) is 3.50. The lowest BCUT2D eigenvalue weighted by atomic mass is 10.2. The number of carboxylic acid groups (broad SMARTS) is 1. The molecule has 106 valence electrons. The van der Waals surface area contributed by atoms with Gasteiger partial charge in [0.15, 0.2) is 5.16 Å². The molecule has 19 heavy (non-hydrogen) atoms. The number of hydrogen-bond acceptors (Lipinski definition) is 4. The van der Waals surface area contributed by atoms with Crippen molar-refractivity contribution in [2.45, 2.75) is 43.1 Å². The number of aliphatic carboxylic acids is 1. The summed E-state index contributed by atoms with van der Waals surface area (Å²) in [7, 11) is 0. The maximum atomic E-state index is 13.2. The first-order chi connectivity index (χ1) is 8.82. The highest BCUT2D eigenvalue weighted by molar-refractivity contribution is 7.99. The molecule has 0 aliphatic heterocycles. The first kappa shape index (κ1) is 14.2. The van der Waals surface area contributed by atoms with E-state index in [1.54, 1.807) is 6.92 Å². The number of aromatic nitrogens is 3. The van der Waals surface area contributed by atoms with Gasteiger partial charge in [-0.05, 0) is 12.8 Å². The molecule has 0 atom stereocenters. The maximum absolute atomic E-state index is 13.2. The highest BCUT2D eigenvalue weighted by Gasteiger charge is 2.66. The van der Waals surface area contributed by atoms with Crippen LogP contribution in [0.3, 0.4) is 0 Å². The Hall–Kier alpha value is -1.25. The smallest absolute Gasteiger partial charge is 0.412 e. The molecule has 1 aliphatic carbocycles. The van der Waals surface area contributed by atoms with Gasteiger partial charge in [-0.15, -0.1) is 10.2 Å². The Bertz CT molecular complexity index is 497. The number of halogens is 3. The average Bonchev–Trinajstić information content (AvgIpc) is 3.01. The zero-order valence-electron chi connectivity index (χ0n) is 10.1. The van der Waals surface area contributed by atoms with Crippen molar-refractivity contribution in [1.29, 1.82) is 0 Å². The van der Waals surface area contributed by atoms with E-state index in [1.807, 2.05) is 0 Å². The SMILES string of the molecule is CCc1nnc(SCC(=O)O)n1C1(C(F)(F)F)CC1. The Morgan fingerprint density at radius 1 is 1.47 bits per heavy atom. The van der Waals surface area contributed by atoms with E-state index in [2.05, 4.69) is 10.2 Å². The summed E-state index contributed by atoms with van der Waals surface area (Å²) >= 11 is 0.764. The zero-order valence-corrected chi connectivity index (χ0v) is 10.9. The first-order valence-electron chi connectivity index (χ1n) is 5.68. The van der Waals surface area contributed by atoms with Gasteiger partial charge in [-0.3, -0.25) is 9.36 Å². The van der Waals surface area contributed by atoms with E-state index in [0.29, 0.717) is 6.42 Å². The monoisotopic (exact) mass is 295 g/mol. The molecular weight excluding hydrogens is 283 g/mol. The minimum absolute atomic E-state index is 0.0117. The van der Waals surface area contributed by atoms with Gasteiger partial charge >= 0.3 is 12.1 Å². The van der Waals surface area contributed by atoms with E-state index in [1.165, 1.54) is 0 Å². The third-order valence-electron chi connectivity index (χ3n) is 3.02. The van der Waals surface area contributed by atoms with Crippen molar-refractivity contribution in [1.82, 2.24) is 14.8 Å². The van der Waals surface area contributed by atoms with Crippen molar-refractivity contribution >= 4 is 17.7 Å². The molecule has 0 amide bonds. The fourth-order valence-electron chi connectivity index (χ4n) is 1.93. The summed E-state index contributed by atoms with van der Waals surface area (Å²) in [4.78, 5) is 10.5. The normalized spacial score (nSPS) is 17.5. The fraction of sp³-hybridized carbons (Fsp3) is 0.700. The standard InChI is InChI=1S/C10H12F3N3O2S/c1-2-6-14-15-8(19-5-7(17)18)16(6)9(3-4-9)10(11,12)13/h2-5H2,1H3,(H,17,18). The zero-order chi connectivity index (χ0) is 14.3. The van der Waals surface area contributed by atoms with Crippen molar-refractivity contribution in [2.24, 2.45) is 0 Å². The molecule has 1 aliphatic rings. The fourth-order valence-corrected chi connectivity index (χ4v) is 2.69. The van der Waals surface area contributed by atoms with Crippen molar-refractivity contribution in [3.05, 3.63) is 5.82 Å². The summed E-state index contributed by atoms with van der Waals surface area (Å²) in [6.07, 6.45) is -4.08. The predicted octanol–water partition coefficient (Wildman–Crippen LogP) is 2.07. The number of carboxylic acids is 1. The van der Waals surface area contributed by atoms with Gasteiger partial charge in [0.1, 0.15) is 11.4 Å². The molecule has 1 fully saturated rings. The van der Waals surface area contributed by atoms with Crippen LogP contribution in [0.1, 0.15) is 25.6 Å². The van der Waals surface area contributed by atoms with E-state index >= 15 is 0 Å². The summed E-state index contributed by atoms with van der Waals surface area (Å²) < 4.78 is 40.5. The summed E-state index contributed by atoms with van der Waals surface area (Å²) in [5.41, 5.74) is -1.94. The van der Waals surface area contributed by atoms with Gasteiger partial charge in [-0.1, -0.05) is 18.7 Å². The molecule has 0 spiro atoms. The summed E-state index contributed by atoms with van der Waals surface area (Å²) in [6, 6.07) is 0. The molecule has 9 heteroatoms. The van der Waals surface area contributed by atoms with Crippen LogP contribution >= 0.6 is 11.8 Å². The topological polar surface area (TPSA) is 68.0 Å². The number of alkyl halides is 3. The molecule has 0 aromatic carbocycles. The molecule has 0 radical (unpaired) electrons. The first-order valence-corrected chi connectivity index (χ1v) is 6.66. The minimum Gasteiger partial charge on any atom is -0.481 e. The molecule has 0 saturated heterocycles. The van der Waals surface area contributed by atoms with Crippen LogP contribution in [0.4, 0.5) is 13.2 Å². The molecular formula is C10H12F3N3O2S. The molecule has 1 aromatic heterocycles. The second kappa shape index (κ2) is 4.69. The van der Waals surface area contributed by atoms with Gasteiger partial charge in [0.25, 0.3) is 0 Å². The second-order valence-electron chi connectivity index (χ2n) is 4.30. The van der Waals surface area contributed by atoms with Gasteiger partial charge in [0.05, 0.1) is 5.75 Å². The highest BCUT2D eigenvalue weighted by atomic mass is 32.2. The minimum atomic E-state index is -4.38. The number of thioether (sulfide) groups is 1. The maximum Gasteiger partial charge on any atom is 0.412 e. The van der Waals surface area contributed by atoms with Crippen molar-refractivity contribution in [3.63, 3.8) is 0 Å². The molecule has 0 bridgehead atoms. The molecule has 2 rings (SSSR count). The molecule has 1 heterocycles. The van der Waals surface area contributed by atoms with Crippen LogP contribution in [0.2, 0.25) is 0 Å². The summed E-state index contributed by atoms with van der Waals surface area (Å²) in [5, 5.41) is 16.1. The van der Waals surface area contributed by atoms with Crippen LogP contribution in [0.5, 0.6) is 0 Å². The summed E-state index contributed by atoms with van der Waals surface area (Å²) in [5.74, 6) is -1.20. The van der Waals surface area contributed by atoms with Crippen LogP contribution < -0.4 is 0 Å². The van der Waals surface area contributed by atoms with E-state index in [0.717, 1.165) is 16.3 Å². The van der Waals surface area contributed by atoms with Gasteiger partial charge in [-0.25, -0.2) is 0 Å². The molecule has 1 aromatic rings. The Morgan fingerprint density at radius 2 is 2.11 bits per heavy atom. The lowest BCUT2D eigenvalue weighted by Crippen LogP contribution is -2.36. The third-order valence-corrected chi connectivity index (χ3v) is 3.93. The van der Waals surface area contributed by atoms with Crippen LogP contribution in [0.15, 0.2) is 5.16 Å². The Balaban J connectivity index is 2.38. The predicted molar refractivity (Wildman–Crippen MR) is 61.0 cm³/mol. The third kappa shape index (κ3) is 2.43. The lowest BCUT2D eigenvalue weighted by Gasteiger charge is -2.23. The number of rotatable bonds is 5. The second-order valence-corrected chi connectivity index (χ2v) is 5.24. The Labute approximate surface area is 111 Å². The molecule has 1 N–H and O–H groups in total. The number of hydrogen-bond donors (Lipinski definition) is 1. The van der Waals surface area contributed by atoms with Crippen molar-refractivity contribution in [3.8, 4) is 0 Å². The Morgan fingerprint density at radius 3 is 2.53 bits per heavy atom. The van der Waals surface area contributed by atoms with Crippen LogP contribution in [0, 0.1) is 0 Å². The van der Waals surface area contributed by atoms with E-state index in [4.69, 9.17) is 5.11 Å². The van der Waals surface area contributed by atoms with E-state index < -0.39 is 17.7 Å². The quantitative estimate of drug-likeness (QED) is 0.842. The van der Waals surface area contributed by atoms with Gasteiger partial charge < -0.3 is 5.11 Å². The lowest BCUT2D eigenvalue weighted by molar-refractivity contribution is -0.182. The molecule has 1 saturated carbocycles. The summed E-state index contributed by atoms with van der Waals surface area (Å²) in [6.45, 7) is 1.69. The highest BCUT2D eigenvalue weighted by Crippen LogP contribution is 2.56. The van der Waals surface area contributed by atoms with Gasteiger partial charge in [0.2, 0.25) is 0 Å². The average molecular weight is 295 g/mol. The molecule has 5 nitrogen and oxygen atoms in total. The van der Waals surface area contributed by atoms with E-state index in [-0.39, 0.29) is 29.6 Å².